The Bertz CT molecular complexity index is 672. The molecule has 1 saturated heterocycles. The minimum Gasteiger partial charge on any atom is -0.212 e. The van der Waals surface area contributed by atoms with E-state index in [-0.39, 0.29) is 11.7 Å². The van der Waals surface area contributed by atoms with Gasteiger partial charge in [0, 0.05) is 19.0 Å². The number of piperidine rings is 1. The van der Waals surface area contributed by atoms with Gasteiger partial charge < -0.3 is 0 Å². The molecule has 1 aromatic heterocycles. The monoisotopic (exact) mass is 307 g/mol. The summed E-state index contributed by atoms with van der Waals surface area (Å²) >= 11 is 0. The number of aromatic nitrogens is 4. The number of hydrogen-bond acceptors (Lipinski definition) is 5. The maximum Gasteiger partial charge on any atom is 0.218 e. The molecular weight excluding hydrogens is 290 g/mol. The van der Waals surface area contributed by atoms with Crippen molar-refractivity contribution in [1.29, 1.82) is 0 Å². The SMILES string of the molecule is O=S(=O)(Cc1ccccc1)N1CCC[C@H](c2nn[nH]n2)C1. The van der Waals surface area contributed by atoms with E-state index in [4.69, 9.17) is 0 Å². The maximum atomic E-state index is 12.5. The number of sulfonamides is 1. The Morgan fingerprint density at radius 3 is 2.81 bits per heavy atom. The van der Waals surface area contributed by atoms with Crippen molar-refractivity contribution < 1.29 is 8.42 Å². The fraction of sp³-hybridized carbons (Fsp3) is 0.462. The van der Waals surface area contributed by atoms with Gasteiger partial charge in [0.15, 0.2) is 5.82 Å². The Balaban J connectivity index is 1.73. The summed E-state index contributed by atoms with van der Waals surface area (Å²) in [5, 5.41) is 13.9. The molecule has 1 aromatic carbocycles. The third-order valence-corrected chi connectivity index (χ3v) is 5.51. The molecule has 21 heavy (non-hydrogen) atoms. The fourth-order valence-corrected chi connectivity index (χ4v) is 4.24. The zero-order chi connectivity index (χ0) is 14.7. The highest BCUT2D eigenvalue weighted by molar-refractivity contribution is 7.88. The van der Waals surface area contributed by atoms with E-state index in [9.17, 15) is 8.42 Å². The summed E-state index contributed by atoms with van der Waals surface area (Å²) in [7, 11) is -3.31. The standard InChI is InChI=1S/C13H17N5O2S/c19-21(20,10-11-5-2-1-3-6-11)18-8-4-7-12(9-18)13-14-16-17-15-13/h1-3,5-6,12H,4,7-10H2,(H,14,15,16,17)/t12-/m0/s1. The molecule has 1 aliphatic heterocycles. The third kappa shape index (κ3) is 3.27. The smallest absolute Gasteiger partial charge is 0.212 e. The summed E-state index contributed by atoms with van der Waals surface area (Å²) in [5.74, 6) is 0.643. The predicted octanol–water partition coefficient (Wildman–Crippen LogP) is 0.909. The molecule has 0 unspecified atom stereocenters. The van der Waals surface area contributed by atoms with Crippen LogP contribution < -0.4 is 0 Å². The van der Waals surface area contributed by atoms with Crippen molar-refractivity contribution in [2.24, 2.45) is 0 Å². The van der Waals surface area contributed by atoms with E-state index in [0.717, 1.165) is 18.4 Å². The lowest BCUT2D eigenvalue weighted by molar-refractivity contribution is 0.309. The number of nitrogens with one attached hydrogen (secondary N) is 1. The summed E-state index contributed by atoms with van der Waals surface area (Å²) in [4.78, 5) is 0. The van der Waals surface area contributed by atoms with E-state index in [1.54, 1.807) is 4.31 Å². The number of H-pyrrole nitrogens is 1. The number of nitrogens with zero attached hydrogens (tertiary/aromatic N) is 4. The van der Waals surface area contributed by atoms with Gasteiger partial charge in [-0.25, -0.2) is 12.7 Å². The lowest BCUT2D eigenvalue weighted by atomic mass is 9.99. The molecule has 2 aromatic rings. The fourth-order valence-electron chi connectivity index (χ4n) is 2.62. The van der Waals surface area contributed by atoms with Crippen molar-refractivity contribution in [1.82, 2.24) is 24.9 Å². The van der Waals surface area contributed by atoms with Gasteiger partial charge in [0.2, 0.25) is 10.0 Å². The average Bonchev–Trinajstić information content (AvgIpc) is 3.02. The molecule has 1 N–H and O–H groups in total. The minimum atomic E-state index is -3.31. The van der Waals surface area contributed by atoms with Crippen molar-refractivity contribution in [2.75, 3.05) is 13.1 Å². The summed E-state index contributed by atoms with van der Waals surface area (Å²) in [6.45, 7) is 0.984. The quantitative estimate of drug-likeness (QED) is 0.906. The van der Waals surface area contributed by atoms with Crippen molar-refractivity contribution in [3.63, 3.8) is 0 Å². The number of tetrazole rings is 1. The second-order valence-corrected chi connectivity index (χ2v) is 7.18. The molecule has 0 radical (unpaired) electrons. The van der Waals surface area contributed by atoms with E-state index in [0.29, 0.717) is 18.9 Å². The molecule has 0 spiro atoms. The first-order chi connectivity index (χ1) is 10.1. The van der Waals surface area contributed by atoms with Gasteiger partial charge in [-0.05, 0) is 18.4 Å². The highest BCUT2D eigenvalue weighted by Gasteiger charge is 2.31. The zero-order valence-corrected chi connectivity index (χ0v) is 12.3. The second-order valence-electron chi connectivity index (χ2n) is 5.21. The number of hydrogen-bond donors (Lipinski definition) is 1. The van der Waals surface area contributed by atoms with Crippen LogP contribution >= 0.6 is 0 Å². The van der Waals surface area contributed by atoms with Gasteiger partial charge >= 0.3 is 0 Å². The van der Waals surface area contributed by atoms with E-state index in [2.05, 4.69) is 20.6 Å². The van der Waals surface area contributed by atoms with E-state index < -0.39 is 10.0 Å². The van der Waals surface area contributed by atoms with Gasteiger partial charge in [0.1, 0.15) is 0 Å². The first-order valence-electron chi connectivity index (χ1n) is 6.90. The number of rotatable bonds is 4. The van der Waals surface area contributed by atoms with Gasteiger partial charge in [0.05, 0.1) is 5.75 Å². The first-order valence-corrected chi connectivity index (χ1v) is 8.51. The first kappa shape index (κ1) is 14.2. The summed E-state index contributed by atoms with van der Waals surface area (Å²) in [6, 6.07) is 9.24. The van der Waals surface area contributed by atoms with Gasteiger partial charge in [-0.1, -0.05) is 35.5 Å². The molecule has 3 rings (SSSR count). The Morgan fingerprint density at radius 2 is 2.10 bits per heavy atom. The molecule has 0 bridgehead atoms. The van der Waals surface area contributed by atoms with Crippen LogP contribution in [0.15, 0.2) is 30.3 Å². The Hall–Kier alpha value is -1.80. The molecule has 7 nitrogen and oxygen atoms in total. The average molecular weight is 307 g/mol. The molecule has 2 heterocycles. The van der Waals surface area contributed by atoms with E-state index in [1.807, 2.05) is 30.3 Å². The van der Waals surface area contributed by atoms with Gasteiger partial charge in [-0.2, -0.15) is 5.21 Å². The van der Waals surface area contributed by atoms with Crippen LogP contribution in [0.3, 0.4) is 0 Å². The topological polar surface area (TPSA) is 91.8 Å². The van der Waals surface area contributed by atoms with Crippen molar-refractivity contribution in [2.45, 2.75) is 24.5 Å². The number of benzene rings is 1. The molecule has 8 heteroatoms. The highest BCUT2D eigenvalue weighted by atomic mass is 32.2. The third-order valence-electron chi connectivity index (χ3n) is 3.70. The Kier molecular flexibility index (Phi) is 3.98. The maximum absolute atomic E-state index is 12.5. The van der Waals surface area contributed by atoms with Crippen LogP contribution in [0, 0.1) is 0 Å². The zero-order valence-electron chi connectivity index (χ0n) is 11.5. The molecule has 0 amide bonds. The second kappa shape index (κ2) is 5.90. The van der Waals surface area contributed by atoms with Crippen LogP contribution in [0.25, 0.3) is 0 Å². The summed E-state index contributed by atoms with van der Waals surface area (Å²) in [5.41, 5.74) is 0.805. The van der Waals surface area contributed by atoms with E-state index >= 15 is 0 Å². The van der Waals surface area contributed by atoms with Gasteiger partial charge in [-0.3, -0.25) is 0 Å². The van der Waals surface area contributed by atoms with Crippen LogP contribution in [-0.2, 0) is 15.8 Å². The molecular formula is C13H17N5O2S. The van der Waals surface area contributed by atoms with Crippen LogP contribution in [0.2, 0.25) is 0 Å². The molecule has 0 saturated carbocycles. The van der Waals surface area contributed by atoms with Crippen molar-refractivity contribution in [3.8, 4) is 0 Å². The predicted molar refractivity (Wildman–Crippen MR) is 76.8 cm³/mol. The Labute approximate surface area is 123 Å². The van der Waals surface area contributed by atoms with Crippen LogP contribution in [0.4, 0.5) is 0 Å². The largest absolute Gasteiger partial charge is 0.218 e. The van der Waals surface area contributed by atoms with Crippen molar-refractivity contribution >= 4 is 10.0 Å². The van der Waals surface area contributed by atoms with Crippen molar-refractivity contribution in [3.05, 3.63) is 41.7 Å². The molecule has 0 aliphatic carbocycles. The van der Waals surface area contributed by atoms with E-state index in [1.165, 1.54) is 0 Å². The Morgan fingerprint density at radius 1 is 1.29 bits per heavy atom. The van der Waals surface area contributed by atoms with Gasteiger partial charge in [-0.15, -0.1) is 10.2 Å². The minimum absolute atomic E-state index is 0.0167. The van der Waals surface area contributed by atoms with Crippen LogP contribution in [0.1, 0.15) is 30.1 Å². The van der Waals surface area contributed by atoms with Gasteiger partial charge in [0.25, 0.3) is 0 Å². The highest BCUT2D eigenvalue weighted by Crippen LogP contribution is 2.26. The summed E-state index contributed by atoms with van der Waals surface area (Å²) < 4.78 is 26.6. The van der Waals surface area contributed by atoms with Crippen LogP contribution in [-0.4, -0.2) is 46.4 Å². The lowest BCUT2D eigenvalue weighted by Crippen LogP contribution is -2.40. The summed E-state index contributed by atoms with van der Waals surface area (Å²) in [6.07, 6.45) is 1.70. The van der Waals surface area contributed by atoms with Crippen LogP contribution in [0.5, 0.6) is 0 Å². The lowest BCUT2D eigenvalue weighted by Gasteiger charge is -2.30. The molecule has 1 atom stereocenters. The molecule has 112 valence electrons. The molecule has 1 aliphatic rings. The number of aromatic amines is 1. The molecule has 1 fully saturated rings. The normalized spacial score (nSPS) is 20.5.